The lowest BCUT2D eigenvalue weighted by atomic mass is 10.6. The SMILES string of the molecule is CC(Cl)CCl.CCC(Cl)Cl. The average molecular weight is 226 g/mol. The third-order valence-electron chi connectivity index (χ3n) is 0.521. The van der Waals surface area contributed by atoms with E-state index >= 15 is 0 Å². The van der Waals surface area contributed by atoms with Gasteiger partial charge in [0.2, 0.25) is 0 Å². The molecule has 0 rings (SSSR count). The van der Waals surface area contributed by atoms with Crippen LogP contribution >= 0.6 is 46.4 Å². The summed E-state index contributed by atoms with van der Waals surface area (Å²) in [5.74, 6) is 0.543. The van der Waals surface area contributed by atoms with E-state index in [9.17, 15) is 0 Å². The highest BCUT2D eigenvalue weighted by Crippen LogP contribution is 2.03. The Hall–Kier alpha value is 1.16. The van der Waals surface area contributed by atoms with Gasteiger partial charge in [0, 0.05) is 11.3 Å². The molecular formula is C6H12Cl4. The maximum absolute atomic E-state index is 5.33. The minimum Gasteiger partial charge on any atom is -0.125 e. The molecule has 1 unspecified atom stereocenters. The molecule has 0 spiro atoms. The highest BCUT2D eigenvalue weighted by Gasteiger charge is 1.86. The zero-order chi connectivity index (χ0) is 8.57. The average Bonchev–Trinajstić information content (AvgIpc) is 1.89. The minimum atomic E-state index is -0.171. The van der Waals surface area contributed by atoms with Gasteiger partial charge in [-0.2, -0.15) is 0 Å². The van der Waals surface area contributed by atoms with Crippen molar-refractivity contribution in [2.75, 3.05) is 5.88 Å². The lowest BCUT2D eigenvalue weighted by Crippen LogP contribution is -1.87. The van der Waals surface area contributed by atoms with Crippen molar-refractivity contribution in [3.8, 4) is 0 Å². The third kappa shape index (κ3) is 22.9. The van der Waals surface area contributed by atoms with Crippen LogP contribution in [0.3, 0.4) is 0 Å². The summed E-state index contributed by atoms with van der Waals surface area (Å²) in [6.45, 7) is 3.79. The van der Waals surface area contributed by atoms with Crippen LogP contribution < -0.4 is 0 Å². The number of halogens is 4. The minimum absolute atomic E-state index is 0.122. The van der Waals surface area contributed by atoms with Crippen LogP contribution in [-0.2, 0) is 0 Å². The number of hydrogen-bond acceptors (Lipinski definition) is 0. The number of hydrogen-bond donors (Lipinski definition) is 0. The van der Waals surface area contributed by atoms with Gasteiger partial charge in [-0.25, -0.2) is 0 Å². The molecule has 0 aromatic heterocycles. The first-order valence-electron chi connectivity index (χ1n) is 3.02. The van der Waals surface area contributed by atoms with Crippen LogP contribution in [0.25, 0.3) is 0 Å². The van der Waals surface area contributed by atoms with Crippen molar-refractivity contribution < 1.29 is 0 Å². The summed E-state index contributed by atoms with van der Waals surface area (Å²) in [6, 6.07) is 0. The monoisotopic (exact) mass is 224 g/mol. The van der Waals surface area contributed by atoms with E-state index in [0.717, 1.165) is 6.42 Å². The standard InChI is InChI=1S/2C3H6Cl2/c1-3(5)2-4;1-2-3(4)5/h2*3H,2H2,1H3. The molecule has 64 valence electrons. The molecule has 0 aromatic carbocycles. The fraction of sp³-hybridized carbons (Fsp3) is 1.00. The predicted octanol–water partition coefficient (Wildman–Crippen LogP) is 4.05. The molecule has 10 heavy (non-hydrogen) atoms. The summed E-state index contributed by atoms with van der Waals surface area (Å²) < 4.78 is 0. The van der Waals surface area contributed by atoms with Crippen molar-refractivity contribution in [3.05, 3.63) is 0 Å². The normalized spacial score (nSPS) is 12.3. The summed E-state index contributed by atoms with van der Waals surface area (Å²) in [5, 5.41) is 0.122. The van der Waals surface area contributed by atoms with Gasteiger partial charge in [-0.1, -0.05) is 6.92 Å². The Kier molecular flexibility index (Phi) is 13.9. The van der Waals surface area contributed by atoms with E-state index in [2.05, 4.69) is 0 Å². The number of alkyl halides is 4. The lowest BCUT2D eigenvalue weighted by Gasteiger charge is -1.85. The summed E-state index contributed by atoms with van der Waals surface area (Å²) >= 11 is 21.0. The molecule has 0 saturated carbocycles. The van der Waals surface area contributed by atoms with Crippen molar-refractivity contribution in [3.63, 3.8) is 0 Å². The summed E-state index contributed by atoms with van der Waals surface area (Å²) in [7, 11) is 0. The van der Waals surface area contributed by atoms with E-state index in [1.165, 1.54) is 0 Å². The second-order valence-corrected chi connectivity index (χ2v) is 4.07. The van der Waals surface area contributed by atoms with Crippen molar-refractivity contribution in [2.24, 2.45) is 0 Å². The Bertz CT molecular complexity index is 45.7. The van der Waals surface area contributed by atoms with Gasteiger partial charge in [0.05, 0.1) is 0 Å². The molecule has 0 heterocycles. The molecule has 0 bridgehead atoms. The summed E-state index contributed by atoms with van der Waals surface area (Å²) in [5.41, 5.74) is 0. The second kappa shape index (κ2) is 10.2. The van der Waals surface area contributed by atoms with E-state index in [4.69, 9.17) is 46.4 Å². The van der Waals surface area contributed by atoms with E-state index in [0.29, 0.717) is 5.88 Å². The molecule has 0 saturated heterocycles. The Labute approximate surface area is 82.8 Å². The molecule has 4 heteroatoms. The predicted molar refractivity (Wildman–Crippen MR) is 51.8 cm³/mol. The van der Waals surface area contributed by atoms with Crippen LogP contribution in [0.5, 0.6) is 0 Å². The van der Waals surface area contributed by atoms with E-state index in [1.54, 1.807) is 0 Å². The Morgan fingerprint density at radius 1 is 1.20 bits per heavy atom. The summed E-state index contributed by atoms with van der Waals surface area (Å²) in [4.78, 5) is -0.171. The van der Waals surface area contributed by atoms with Gasteiger partial charge in [0.1, 0.15) is 4.84 Å². The maximum Gasteiger partial charge on any atom is 0.107 e. The molecule has 0 N–H and O–H groups in total. The van der Waals surface area contributed by atoms with Crippen molar-refractivity contribution in [1.29, 1.82) is 0 Å². The van der Waals surface area contributed by atoms with Crippen LogP contribution in [0.15, 0.2) is 0 Å². The van der Waals surface area contributed by atoms with Gasteiger partial charge < -0.3 is 0 Å². The van der Waals surface area contributed by atoms with Gasteiger partial charge in [-0.3, -0.25) is 0 Å². The van der Waals surface area contributed by atoms with Gasteiger partial charge >= 0.3 is 0 Å². The Morgan fingerprint density at radius 3 is 1.40 bits per heavy atom. The van der Waals surface area contributed by atoms with Gasteiger partial charge in [-0.15, -0.1) is 46.4 Å². The van der Waals surface area contributed by atoms with Crippen molar-refractivity contribution in [1.82, 2.24) is 0 Å². The van der Waals surface area contributed by atoms with Gasteiger partial charge in [-0.05, 0) is 13.3 Å². The molecule has 0 nitrogen and oxygen atoms in total. The zero-order valence-electron chi connectivity index (χ0n) is 6.08. The van der Waals surface area contributed by atoms with Crippen LogP contribution in [0.2, 0.25) is 0 Å². The largest absolute Gasteiger partial charge is 0.125 e. The van der Waals surface area contributed by atoms with Crippen LogP contribution in [0, 0.1) is 0 Å². The highest BCUT2D eigenvalue weighted by atomic mass is 35.5. The molecule has 0 aromatic rings. The van der Waals surface area contributed by atoms with E-state index in [-0.39, 0.29) is 10.2 Å². The fourth-order valence-electron chi connectivity index (χ4n) is 0. The van der Waals surface area contributed by atoms with Crippen LogP contribution in [0.1, 0.15) is 20.3 Å². The topological polar surface area (TPSA) is 0 Å². The molecule has 0 radical (unpaired) electrons. The fourth-order valence-corrected chi connectivity index (χ4v) is 0. The summed E-state index contributed by atoms with van der Waals surface area (Å²) in [6.07, 6.45) is 0.836. The number of rotatable bonds is 2. The molecule has 0 aliphatic heterocycles. The molecule has 0 aliphatic carbocycles. The van der Waals surface area contributed by atoms with Gasteiger partial charge in [0.15, 0.2) is 0 Å². The maximum atomic E-state index is 5.33. The first kappa shape index (κ1) is 13.7. The first-order valence-corrected chi connectivity index (χ1v) is 4.87. The first-order chi connectivity index (χ1) is 4.54. The second-order valence-electron chi connectivity index (χ2n) is 1.73. The molecular weight excluding hydrogens is 214 g/mol. The van der Waals surface area contributed by atoms with Gasteiger partial charge in [0.25, 0.3) is 0 Å². The highest BCUT2D eigenvalue weighted by molar-refractivity contribution is 6.44. The molecule has 0 amide bonds. The van der Waals surface area contributed by atoms with Crippen molar-refractivity contribution >= 4 is 46.4 Å². The van der Waals surface area contributed by atoms with E-state index < -0.39 is 0 Å². The Morgan fingerprint density at radius 2 is 1.40 bits per heavy atom. The van der Waals surface area contributed by atoms with Crippen LogP contribution in [-0.4, -0.2) is 16.1 Å². The quantitative estimate of drug-likeness (QED) is 0.623. The molecule has 1 atom stereocenters. The zero-order valence-corrected chi connectivity index (χ0v) is 9.10. The lowest BCUT2D eigenvalue weighted by molar-refractivity contribution is 1.04. The van der Waals surface area contributed by atoms with Crippen molar-refractivity contribution in [2.45, 2.75) is 30.5 Å². The van der Waals surface area contributed by atoms with E-state index in [1.807, 2.05) is 13.8 Å². The molecule has 0 aliphatic rings. The molecule has 0 fully saturated rings. The van der Waals surface area contributed by atoms with Crippen LogP contribution in [0.4, 0.5) is 0 Å². The smallest absolute Gasteiger partial charge is 0.107 e. The third-order valence-corrected chi connectivity index (χ3v) is 1.91. The Balaban J connectivity index is 0.